The second kappa shape index (κ2) is 4.21. The fourth-order valence-electron chi connectivity index (χ4n) is 1.83. The molecule has 0 aliphatic heterocycles. The third-order valence-corrected chi connectivity index (χ3v) is 2.70. The molecule has 18 heavy (non-hydrogen) atoms. The monoisotopic (exact) mass is 253 g/mol. The Hall–Kier alpha value is -2.24. The summed E-state index contributed by atoms with van der Waals surface area (Å²) < 4.78 is 28.0. The number of aromatic nitrogens is 1. The van der Waals surface area contributed by atoms with E-state index in [0.29, 0.717) is 0 Å². The lowest BCUT2D eigenvalue weighted by Gasteiger charge is -2.10. The van der Waals surface area contributed by atoms with E-state index in [2.05, 4.69) is 0 Å². The number of nitrogens with zero attached hydrogens (tertiary/aromatic N) is 1. The Bertz CT molecular complexity index is 707. The Kier molecular flexibility index (Phi) is 2.86. The minimum Gasteiger partial charge on any atom is -0.477 e. The van der Waals surface area contributed by atoms with Gasteiger partial charge in [-0.3, -0.25) is 4.79 Å². The van der Waals surface area contributed by atoms with Crippen molar-refractivity contribution in [2.24, 2.45) is 0 Å². The molecule has 0 aliphatic rings. The molecule has 0 radical (unpaired) electrons. The number of rotatable bonds is 2. The molecule has 1 N–H and O–H groups in total. The average Bonchev–Trinajstić information content (AvgIpc) is 2.34. The van der Waals surface area contributed by atoms with E-state index in [4.69, 9.17) is 5.11 Å². The van der Waals surface area contributed by atoms with Crippen LogP contribution in [0.25, 0.3) is 10.9 Å². The maximum absolute atomic E-state index is 13.7. The van der Waals surface area contributed by atoms with Crippen LogP contribution < -0.4 is 5.43 Å². The number of pyridine rings is 1. The molecule has 0 atom stereocenters. The van der Waals surface area contributed by atoms with Crippen LogP contribution in [0, 0.1) is 11.6 Å². The largest absolute Gasteiger partial charge is 0.477 e. The van der Waals surface area contributed by atoms with Crippen molar-refractivity contribution < 1.29 is 18.7 Å². The van der Waals surface area contributed by atoms with Gasteiger partial charge in [0.25, 0.3) is 0 Å². The highest BCUT2D eigenvalue weighted by molar-refractivity contribution is 5.92. The number of benzene rings is 1. The number of hydrogen-bond donors (Lipinski definition) is 1. The lowest BCUT2D eigenvalue weighted by Crippen LogP contribution is -2.19. The van der Waals surface area contributed by atoms with Crippen LogP contribution in [0.5, 0.6) is 0 Å². The summed E-state index contributed by atoms with van der Waals surface area (Å²) in [6.07, 6.45) is 1.02. The number of carbonyl (C=O) groups is 1. The molecule has 0 unspecified atom stereocenters. The third kappa shape index (κ3) is 1.66. The van der Waals surface area contributed by atoms with Crippen LogP contribution in [0.2, 0.25) is 0 Å². The Balaban J connectivity index is 3.03. The summed E-state index contributed by atoms with van der Waals surface area (Å²) in [5.41, 5.74) is -1.50. The van der Waals surface area contributed by atoms with E-state index in [-0.39, 0.29) is 17.4 Å². The van der Waals surface area contributed by atoms with E-state index in [0.717, 1.165) is 18.3 Å². The normalized spacial score (nSPS) is 10.8. The molecule has 2 rings (SSSR count). The molecular formula is C12H9F2NO3. The summed E-state index contributed by atoms with van der Waals surface area (Å²) in [5, 5.41) is 8.74. The van der Waals surface area contributed by atoms with Gasteiger partial charge in [0.2, 0.25) is 5.43 Å². The molecule has 4 nitrogen and oxygen atoms in total. The number of halogens is 2. The molecule has 0 saturated heterocycles. The van der Waals surface area contributed by atoms with Crippen molar-refractivity contribution in [2.45, 2.75) is 13.5 Å². The molecule has 6 heteroatoms. The highest BCUT2D eigenvalue weighted by Gasteiger charge is 2.18. The molecular weight excluding hydrogens is 244 g/mol. The lowest BCUT2D eigenvalue weighted by atomic mass is 10.1. The quantitative estimate of drug-likeness (QED) is 0.890. The van der Waals surface area contributed by atoms with Gasteiger partial charge >= 0.3 is 5.97 Å². The topological polar surface area (TPSA) is 59.3 Å². The molecule has 1 aromatic carbocycles. The van der Waals surface area contributed by atoms with Crippen LogP contribution in [0.3, 0.4) is 0 Å². The Morgan fingerprint density at radius 1 is 1.39 bits per heavy atom. The van der Waals surface area contributed by atoms with Crippen molar-refractivity contribution in [1.82, 2.24) is 4.57 Å². The maximum Gasteiger partial charge on any atom is 0.341 e. The minimum atomic E-state index is -1.39. The van der Waals surface area contributed by atoms with Crippen molar-refractivity contribution in [1.29, 1.82) is 0 Å². The zero-order chi connectivity index (χ0) is 13.4. The number of carboxylic acid groups (broad SMARTS) is 1. The minimum absolute atomic E-state index is 0.143. The molecule has 0 bridgehead atoms. The van der Waals surface area contributed by atoms with Gasteiger partial charge in [0, 0.05) is 18.1 Å². The van der Waals surface area contributed by atoms with E-state index in [1.807, 2.05) is 0 Å². The Labute approximate surface area is 100 Å². The van der Waals surface area contributed by atoms with Crippen LogP contribution in [0.1, 0.15) is 17.3 Å². The second-order valence-corrected chi connectivity index (χ2v) is 3.72. The predicted octanol–water partition coefficient (Wildman–Crippen LogP) is 2.00. The number of carboxylic acids is 1. The maximum atomic E-state index is 13.7. The highest BCUT2D eigenvalue weighted by atomic mass is 19.2. The Morgan fingerprint density at radius 2 is 2.06 bits per heavy atom. The molecule has 0 spiro atoms. The fourth-order valence-corrected chi connectivity index (χ4v) is 1.83. The van der Waals surface area contributed by atoms with Crippen LogP contribution in [-0.2, 0) is 6.54 Å². The van der Waals surface area contributed by atoms with Crippen LogP contribution in [0.4, 0.5) is 8.78 Å². The summed E-state index contributed by atoms with van der Waals surface area (Å²) in [6, 6.07) is 1.90. The smallest absolute Gasteiger partial charge is 0.341 e. The van der Waals surface area contributed by atoms with Crippen LogP contribution >= 0.6 is 0 Å². The van der Waals surface area contributed by atoms with Crippen molar-refractivity contribution in [3.63, 3.8) is 0 Å². The third-order valence-electron chi connectivity index (χ3n) is 2.70. The van der Waals surface area contributed by atoms with E-state index in [9.17, 15) is 18.4 Å². The molecule has 0 fully saturated rings. The first-order valence-electron chi connectivity index (χ1n) is 5.21. The van der Waals surface area contributed by atoms with E-state index in [1.54, 1.807) is 6.92 Å². The molecule has 2 aromatic rings. The lowest BCUT2D eigenvalue weighted by molar-refractivity contribution is 0.0695. The molecule has 0 saturated carbocycles. The molecule has 0 aliphatic carbocycles. The van der Waals surface area contributed by atoms with Gasteiger partial charge in [-0.1, -0.05) is 0 Å². The molecule has 94 valence electrons. The first kappa shape index (κ1) is 12.2. The van der Waals surface area contributed by atoms with Gasteiger partial charge in [-0.15, -0.1) is 0 Å². The van der Waals surface area contributed by atoms with E-state index in [1.165, 1.54) is 4.57 Å². The van der Waals surface area contributed by atoms with Gasteiger partial charge in [-0.05, 0) is 19.1 Å². The van der Waals surface area contributed by atoms with Crippen molar-refractivity contribution >= 4 is 16.9 Å². The van der Waals surface area contributed by atoms with Crippen molar-refractivity contribution in [3.8, 4) is 0 Å². The zero-order valence-corrected chi connectivity index (χ0v) is 9.41. The molecule has 1 aromatic heterocycles. The molecule has 0 amide bonds. The molecule has 1 heterocycles. The summed E-state index contributed by atoms with van der Waals surface area (Å²) in [6.45, 7) is 1.86. The average molecular weight is 253 g/mol. The van der Waals surface area contributed by atoms with Gasteiger partial charge in [0.1, 0.15) is 5.56 Å². The summed E-state index contributed by atoms with van der Waals surface area (Å²) in [5.74, 6) is -3.62. The second-order valence-electron chi connectivity index (χ2n) is 3.72. The summed E-state index contributed by atoms with van der Waals surface area (Å²) in [7, 11) is 0. The number of hydrogen-bond acceptors (Lipinski definition) is 2. The summed E-state index contributed by atoms with van der Waals surface area (Å²) in [4.78, 5) is 22.7. The van der Waals surface area contributed by atoms with Gasteiger partial charge in [0.05, 0.1) is 5.52 Å². The van der Waals surface area contributed by atoms with Crippen molar-refractivity contribution in [2.75, 3.05) is 0 Å². The Morgan fingerprint density at radius 3 is 2.61 bits per heavy atom. The SMILES string of the molecule is CCn1cc(C(=O)O)c(=O)c2ccc(F)c(F)c21. The van der Waals surface area contributed by atoms with Crippen LogP contribution in [0.15, 0.2) is 23.1 Å². The van der Waals surface area contributed by atoms with Gasteiger partial charge in [0.15, 0.2) is 11.6 Å². The number of fused-ring (bicyclic) bond motifs is 1. The van der Waals surface area contributed by atoms with E-state index < -0.39 is 28.6 Å². The zero-order valence-electron chi connectivity index (χ0n) is 9.41. The van der Waals surface area contributed by atoms with E-state index >= 15 is 0 Å². The van der Waals surface area contributed by atoms with Gasteiger partial charge in [-0.2, -0.15) is 0 Å². The predicted molar refractivity (Wildman–Crippen MR) is 60.8 cm³/mol. The van der Waals surface area contributed by atoms with Gasteiger partial charge in [-0.25, -0.2) is 13.6 Å². The number of aromatic carboxylic acids is 1. The summed E-state index contributed by atoms with van der Waals surface area (Å²) >= 11 is 0. The number of aryl methyl sites for hydroxylation is 1. The standard InChI is InChI=1S/C12H9F2NO3/c1-2-15-5-7(12(17)18)11(16)6-3-4-8(13)9(14)10(6)15/h3-5H,2H2,1H3,(H,17,18). The van der Waals surface area contributed by atoms with Crippen molar-refractivity contribution in [3.05, 3.63) is 45.8 Å². The fraction of sp³-hybridized carbons (Fsp3) is 0.167. The van der Waals surface area contributed by atoms with Crippen LogP contribution in [-0.4, -0.2) is 15.6 Å². The van der Waals surface area contributed by atoms with Gasteiger partial charge < -0.3 is 9.67 Å². The highest BCUT2D eigenvalue weighted by Crippen LogP contribution is 2.18. The first-order chi connectivity index (χ1) is 8.47. The first-order valence-corrected chi connectivity index (χ1v) is 5.21.